The van der Waals surface area contributed by atoms with Crippen molar-refractivity contribution in [1.82, 2.24) is 0 Å². The largest absolute Gasteiger partial charge is 0.507 e. The number of aromatic hydroxyl groups is 1. The maximum absolute atomic E-state index is 9.74. The number of fused-ring (bicyclic) bond motifs is 2. The predicted molar refractivity (Wildman–Crippen MR) is 60.9 cm³/mol. The third kappa shape index (κ3) is 1.28. The van der Waals surface area contributed by atoms with E-state index in [1.54, 1.807) is 6.07 Å². The first-order chi connectivity index (χ1) is 7.55. The Morgan fingerprint density at radius 3 is 2.50 bits per heavy atom. The van der Waals surface area contributed by atoms with Gasteiger partial charge in [0.05, 0.1) is 0 Å². The van der Waals surface area contributed by atoms with Gasteiger partial charge in [0.2, 0.25) is 5.79 Å². The van der Waals surface area contributed by atoms with Crippen LogP contribution in [0.5, 0.6) is 17.2 Å². The van der Waals surface area contributed by atoms with E-state index in [1.807, 2.05) is 38.1 Å². The molecule has 1 aliphatic rings. The maximum Gasteiger partial charge on any atom is 0.246 e. The first-order valence-electron chi connectivity index (χ1n) is 5.19. The lowest BCUT2D eigenvalue weighted by molar-refractivity contribution is -0.0431. The standard InChI is InChI=1S/C13H12O3/c1-13(2)15-11-6-8-4-3-5-10(14)9(8)7-12(11)16-13/h3-7,14H,1-2H3. The fourth-order valence-electron chi connectivity index (χ4n) is 1.98. The minimum absolute atomic E-state index is 0.258. The van der Waals surface area contributed by atoms with E-state index in [2.05, 4.69) is 0 Å². The molecule has 3 heteroatoms. The SMILES string of the molecule is CC1(C)Oc2cc3cccc(O)c3cc2O1. The summed E-state index contributed by atoms with van der Waals surface area (Å²) < 4.78 is 11.3. The Kier molecular flexibility index (Phi) is 1.64. The molecule has 0 unspecified atom stereocenters. The van der Waals surface area contributed by atoms with Crippen LogP contribution in [0, 0.1) is 0 Å². The monoisotopic (exact) mass is 216 g/mol. The zero-order valence-corrected chi connectivity index (χ0v) is 9.15. The molecular weight excluding hydrogens is 204 g/mol. The minimum Gasteiger partial charge on any atom is -0.507 e. The fraction of sp³-hybridized carbons (Fsp3) is 0.231. The van der Waals surface area contributed by atoms with Crippen LogP contribution >= 0.6 is 0 Å². The Hall–Kier alpha value is -1.90. The van der Waals surface area contributed by atoms with Gasteiger partial charge in [-0.2, -0.15) is 0 Å². The Labute approximate surface area is 93.2 Å². The van der Waals surface area contributed by atoms with Crippen LogP contribution in [0.2, 0.25) is 0 Å². The second-order valence-corrected chi connectivity index (χ2v) is 4.40. The van der Waals surface area contributed by atoms with Crippen LogP contribution in [0.3, 0.4) is 0 Å². The molecule has 16 heavy (non-hydrogen) atoms. The molecule has 0 saturated heterocycles. The minimum atomic E-state index is -0.630. The summed E-state index contributed by atoms with van der Waals surface area (Å²) in [5.74, 6) is 1.03. The average Bonchev–Trinajstić information content (AvgIpc) is 2.48. The molecule has 0 bridgehead atoms. The first kappa shape index (κ1) is 9.33. The summed E-state index contributed by atoms with van der Waals surface area (Å²) in [5, 5.41) is 11.5. The van der Waals surface area contributed by atoms with E-state index in [1.165, 1.54) is 0 Å². The van der Waals surface area contributed by atoms with Crippen LogP contribution in [-0.2, 0) is 0 Å². The number of rotatable bonds is 0. The van der Waals surface area contributed by atoms with Crippen molar-refractivity contribution >= 4 is 10.8 Å². The molecule has 0 spiro atoms. The summed E-state index contributed by atoms with van der Waals surface area (Å²) in [6, 6.07) is 9.11. The Morgan fingerprint density at radius 1 is 1.06 bits per heavy atom. The van der Waals surface area contributed by atoms with Crippen molar-refractivity contribution in [3.8, 4) is 17.2 Å². The van der Waals surface area contributed by atoms with Gasteiger partial charge in [0.1, 0.15) is 5.75 Å². The maximum atomic E-state index is 9.74. The number of benzene rings is 2. The molecule has 1 heterocycles. The second-order valence-electron chi connectivity index (χ2n) is 4.40. The van der Waals surface area contributed by atoms with Gasteiger partial charge in [-0.1, -0.05) is 12.1 Å². The highest BCUT2D eigenvalue weighted by Gasteiger charge is 2.31. The Balaban J connectivity index is 2.26. The quantitative estimate of drug-likeness (QED) is 0.735. The van der Waals surface area contributed by atoms with E-state index in [4.69, 9.17) is 9.47 Å². The van der Waals surface area contributed by atoms with Crippen molar-refractivity contribution in [3.63, 3.8) is 0 Å². The van der Waals surface area contributed by atoms with E-state index in [9.17, 15) is 5.11 Å². The van der Waals surface area contributed by atoms with Crippen molar-refractivity contribution in [3.05, 3.63) is 30.3 Å². The average molecular weight is 216 g/mol. The Bertz CT molecular complexity index is 573. The number of hydrogen-bond acceptors (Lipinski definition) is 3. The molecule has 0 radical (unpaired) electrons. The van der Waals surface area contributed by atoms with Crippen LogP contribution in [0.15, 0.2) is 30.3 Å². The summed E-state index contributed by atoms with van der Waals surface area (Å²) >= 11 is 0. The van der Waals surface area contributed by atoms with Crippen molar-refractivity contribution in [2.24, 2.45) is 0 Å². The summed E-state index contributed by atoms with van der Waals surface area (Å²) in [6.45, 7) is 3.72. The van der Waals surface area contributed by atoms with Crippen molar-refractivity contribution in [1.29, 1.82) is 0 Å². The number of phenols is 1. The summed E-state index contributed by atoms with van der Waals surface area (Å²) in [4.78, 5) is 0. The van der Waals surface area contributed by atoms with E-state index in [0.29, 0.717) is 5.75 Å². The zero-order chi connectivity index (χ0) is 11.3. The molecule has 82 valence electrons. The van der Waals surface area contributed by atoms with Gasteiger partial charge in [0.15, 0.2) is 11.5 Å². The third-order valence-electron chi connectivity index (χ3n) is 2.63. The first-order valence-corrected chi connectivity index (χ1v) is 5.19. The normalized spacial score (nSPS) is 16.6. The smallest absolute Gasteiger partial charge is 0.246 e. The molecule has 1 N–H and O–H groups in total. The van der Waals surface area contributed by atoms with Crippen LogP contribution < -0.4 is 9.47 Å². The van der Waals surface area contributed by atoms with Gasteiger partial charge in [-0.25, -0.2) is 0 Å². The molecule has 2 aromatic carbocycles. The number of phenolic OH excluding ortho intramolecular Hbond substituents is 1. The molecule has 0 amide bonds. The van der Waals surface area contributed by atoms with E-state index >= 15 is 0 Å². The van der Waals surface area contributed by atoms with Crippen LogP contribution in [0.4, 0.5) is 0 Å². The summed E-state index contributed by atoms with van der Waals surface area (Å²) in [5.41, 5.74) is 0. The molecule has 0 atom stereocenters. The highest BCUT2D eigenvalue weighted by Crippen LogP contribution is 2.43. The molecule has 1 aliphatic heterocycles. The molecule has 3 nitrogen and oxygen atoms in total. The van der Waals surface area contributed by atoms with Crippen molar-refractivity contribution in [2.45, 2.75) is 19.6 Å². The highest BCUT2D eigenvalue weighted by atomic mass is 16.7. The topological polar surface area (TPSA) is 38.7 Å². The fourth-order valence-corrected chi connectivity index (χ4v) is 1.98. The van der Waals surface area contributed by atoms with Crippen molar-refractivity contribution < 1.29 is 14.6 Å². The zero-order valence-electron chi connectivity index (χ0n) is 9.15. The van der Waals surface area contributed by atoms with E-state index < -0.39 is 5.79 Å². The molecule has 0 fully saturated rings. The summed E-state index contributed by atoms with van der Waals surface area (Å²) in [6.07, 6.45) is 0. The second kappa shape index (κ2) is 2.82. The van der Waals surface area contributed by atoms with Crippen LogP contribution in [0.1, 0.15) is 13.8 Å². The number of hydrogen-bond donors (Lipinski definition) is 1. The van der Waals surface area contributed by atoms with Gasteiger partial charge in [0, 0.05) is 19.2 Å². The molecule has 0 aromatic heterocycles. The van der Waals surface area contributed by atoms with Gasteiger partial charge in [-0.15, -0.1) is 0 Å². The highest BCUT2D eigenvalue weighted by molar-refractivity contribution is 5.91. The predicted octanol–water partition coefficient (Wildman–Crippen LogP) is 3.05. The Morgan fingerprint density at radius 2 is 1.75 bits per heavy atom. The lowest BCUT2D eigenvalue weighted by Gasteiger charge is -2.16. The molecule has 2 aromatic rings. The van der Waals surface area contributed by atoms with Gasteiger partial charge in [-0.05, 0) is 23.6 Å². The van der Waals surface area contributed by atoms with Crippen LogP contribution in [0.25, 0.3) is 10.8 Å². The number of ether oxygens (including phenoxy) is 2. The van der Waals surface area contributed by atoms with Gasteiger partial charge in [-0.3, -0.25) is 0 Å². The molecular formula is C13H12O3. The molecule has 0 aliphatic carbocycles. The van der Waals surface area contributed by atoms with Crippen molar-refractivity contribution in [2.75, 3.05) is 0 Å². The van der Waals surface area contributed by atoms with Gasteiger partial charge in [0.25, 0.3) is 0 Å². The van der Waals surface area contributed by atoms with E-state index in [0.717, 1.165) is 16.5 Å². The lowest BCUT2D eigenvalue weighted by atomic mass is 10.1. The molecule has 0 saturated carbocycles. The van der Waals surface area contributed by atoms with Gasteiger partial charge < -0.3 is 14.6 Å². The molecule has 3 rings (SSSR count). The third-order valence-corrected chi connectivity index (χ3v) is 2.63. The van der Waals surface area contributed by atoms with Crippen LogP contribution in [-0.4, -0.2) is 10.9 Å². The lowest BCUT2D eigenvalue weighted by Crippen LogP contribution is -2.29. The van der Waals surface area contributed by atoms with E-state index in [-0.39, 0.29) is 5.75 Å². The van der Waals surface area contributed by atoms with Gasteiger partial charge >= 0.3 is 0 Å². The summed E-state index contributed by atoms with van der Waals surface area (Å²) in [7, 11) is 0.